The molecule has 0 aliphatic carbocycles. The Balaban J connectivity index is 1.91. The molecule has 0 bridgehead atoms. The Morgan fingerprint density at radius 3 is 2.27 bits per heavy atom. The normalized spacial score (nSPS) is 11.4. The van der Waals surface area contributed by atoms with E-state index in [1.54, 1.807) is 57.2 Å². The van der Waals surface area contributed by atoms with E-state index >= 15 is 0 Å². The first-order valence-corrected chi connectivity index (χ1v) is 8.26. The van der Waals surface area contributed by atoms with Crippen LogP contribution in [0.25, 0.3) is 0 Å². The maximum Gasteiger partial charge on any atom is 0.411 e. The lowest BCUT2D eigenvalue weighted by molar-refractivity contribution is -0.116. The number of ether oxygens (including phenoxy) is 1. The second kappa shape index (κ2) is 8.84. The lowest BCUT2D eigenvalue weighted by Gasteiger charge is -2.16. The summed E-state index contributed by atoms with van der Waals surface area (Å²) in [5.41, 5.74) is 2.21. The molecule has 2 rings (SSSR count). The second-order valence-corrected chi connectivity index (χ2v) is 5.74. The Hall–Kier alpha value is -3.09. The summed E-state index contributed by atoms with van der Waals surface area (Å²) in [4.78, 5) is 23.6. The zero-order valence-electron chi connectivity index (χ0n) is 14.9. The maximum atomic E-state index is 13.5. The SMILES string of the molecule is CCOC(=O)Nc1ccc(NC(C)C(=O)Nc2ccc(C)c(F)c2)cc1. The van der Waals surface area contributed by atoms with Crippen molar-refractivity contribution in [2.75, 3.05) is 22.6 Å². The van der Waals surface area contributed by atoms with Crippen LogP contribution in [0.4, 0.5) is 26.2 Å². The number of anilines is 3. The standard InChI is InChI=1S/C19H22FN3O3/c1-4-26-19(25)23-15-9-7-14(8-10-15)21-13(3)18(24)22-16-6-5-12(2)17(20)11-16/h5-11,13,21H,4H2,1-3H3,(H,22,24)(H,23,25). The molecule has 0 aliphatic rings. The number of carbonyl (C=O) groups excluding carboxylic acids is 2. The number of hydrogen-bond acceptors (Lipinski definition) is 4. The van der Waals surface area contributed by atoms with Crippen molar-refractivity contribution in [3.05, 3.63) is 53.8 Å². The van der Waals surface area contributed by atoms with Gasteiger partial charge in [0.05, 0.1) is 6.61 Å². The molecule has 0 saturated carbocycles. The molecule has 0 radical (unpaired) electrons. The van der Waals surface area contributed by atoms with Crippen molar-refractivity contribution in [2.24, 2.45) is 0 Å². The Bertz CT molecular complexity index is 778. The molecule has 2 aromatic rings. The second-order valence-electron chi connectivity index (χ2n) is 5.74. The molecule has 6 nitrogen and oxygen atoms in total. The van der Waals surface area contributed by atoms with E-state index < -0.39 is 12.1 Å². The van der Waals surface area contributed by atoms with Crippen molar-refractivity contribution >= 4 is 29.1 Å². The number of aryl methyl sites for hydroxylation is 1. The molecule has 3 N–H and O–H groups in total. The largest absolute Gasteiger partial charge is 0.450 e. The molecular weight excluding hydrogens is 337 g/mol. The predicted molar refractivity (Wildman–Crippen MR) is 99.9 cm³/mol. The van der Waals surface area contributed by atoms with Crippen LogP contribution in [0.2, 0.25) is 0 Å². The van der Waals surface area contributed by atoms with Crippen LogP contribution in [0.5, 0.6) is 0 Å². The van der Waals surface area contributed by atoms with Crippen molar-refractivity contribution < 1.29 is 18.7 Å². The molecule has 0 fully saturated rings. The summed E-state index contributed by atoms with van der Waals surface area (Å²) >= 11 is 0. The first-order valence-electron chi connectivity index (χ1n) is 8.26. The first kappa shape index (κ1) is 19.2. The minimum atomic E-state index is -0.539. The van der Waals surface area contributed by atoms with Crippen molar-refractivity contribution in [1.29, 1.82) is 0 Å². The smallest absolute Gasteiger partial charge is 0.411 e. The fraction of sp³-hybridized carbons (Fsp3) is 0.263. The van der Waals surface area contributed by atoms with Gasteiger partial charge in [-0.2, -0.15) is 0 Å². The Morgan fingerprint density at radius 2 is 1.65 bits per heavy atom. The summed E-state index contributed by atoms with van der Waals surface area (Å²) in [6, 6.07) is 10.9. The zero-order valence-corrected chi connectivity index (χ0v) is 14.9. The van der Waals surface area contributed by atoms with Crippen LogP contribution in [0.3, 0.4) is 0 Å². The summed E-state index contributed by atoms with van der Waals surface area (Å²) in [6.07, 6.45) is -0.522. The predicted octanol–water partition coefficient (Wildman–Crippen LogP) is 4.14. The van der Waals surface area contributed by atoms with Crippen LogP contribution < -0.4 is 16.0 Å². The van der Waals surface area contributed by atoms with Gasteiger partial charge in [0.1, 0.15) is 11.9 Å². The number of nitrogens with one attached hydrogen (secondary N) is 3. The van der Waals surface area contributed by atoms with Crippen LogP contribution in [-0.2, 0) is 9.53 Å². The van der Waals surface area contributed by atoms with Crippen molar-refractivity contribution in [2.45, 2.75) is 26.8 Å². The summed E-state index contributed by atoms with van der Waals surface area (Å²) in [6.45, 7) is 5.38. The van der Waals surface area contributed by atoms with E-state index in [9.17, 15) is 14.0 Å². The summed E-state index contributed by atoms with van der Waals surface area (Å²) in [5.74, 6) is -0.657. The molecule has 2 amide bonds. The molecule has 2 aromatic carbocycles. The van der Waals surface area contributed by atoms with E-state index in [2.05, 4.69) is 16.0 Å². The minimum absolute atomic E-state index is 0.290. The van der Waals surface area contributed by atoms with Gasteiger partial charge in [-0.05, 0) is 62.7 Å². The molecule has 0 aliphatic heterocycles. The summed E-state index contributed by atoms with van der Waals surface area (Å²) in [7, 11) is 0. The lowest BCUT2D eigenvalue weighted by atomic mass is 10.2. The van der Waals surface area contributed by atoms with Crippen LogP contribution >= 0.6 is 0 Å². The van der Waals surface area contributed by atoms with Gasteiger partial charge in [-0.1, -0.05) is 6.07 Å². The number of amides is 2. The van der Waals surface area contributed by atoms with Gasteiger partial charge in [0.25, 0.3) is 0 Å². The molecule has 0 spiro atoms. The van der Waals surface area contributed by atoms with Gasteiger partial charge < -0.3 is 15.4 Å². The van der Waals surface area contributed by atoms with Gasteiger partial charge >= 0.3 is 6.09 Å². The van der Waals surface area contributed by atoms with Crippen LogP contribution in [-0.4, -0.2) is 24.6 Å². The van der Waals surface area contributed by atoms with E-state index in [1.807, 2.05) is 0 Å². The molecule has 138 valence electrons. The summed E-state index contributed by atoms with van der Waals surface area (Å²) in [5, 5.41) is 8.30. The topological polar surface area (TPSA) is 79.5 Å². The molecule has 7 heteroatoms. The van der Waals surface area contributed by atoms with Crippen LogP contribution in [0, 0.1) is 12.7 Å². The van der Waals surface area contributed by atoms with Crippen molar-refractivity contribution in [3.8, 4) is 0 Å². The fourth-order valence-electron chi connectivity index (χ4n) is 2.17. The highest BCUT2D eigenvalue weighted by Gasteiger charge is 2.13. The Labute approximate surface area is 151 Å². The van der Waals surface area contributed by atoms with Crippen molar-refractivity contribution in [1.82, 2.24) is 0 Å². The highest BCUT2D eigenvalue weighted by molar-refractivity contribution is 5.96. The molecule has 0 saturated heterocycles. The van der Waals surface area contributed by atoms with Gasteiger partial charge in [-0.15, -0.1) is 0 Å². The average molecular weight is 359 g/mol. The molecule has 1 atom stereocenters. The average Bonchev–Trinajstić information content (AvgIpc) is 2.60. The number of benzene rings is 2. The zero-order chi connectivity index (χ0) is 19.1. The third-order valence-corrected chi connectivity index (χ3v) is 3.62. The minimum Gasteiger partial charge on any atom is -0.450 e. The van der Waals surface area contributed by atoms with Crippen LogP contribution in [0.15, 0.2) is 42.5 Å². The highest BCUT2D eigenvalue weighted by Crippen LogP contribution is 2.16. The molecule has 26 heavy (non-hydrogen) atoms. The summed E-state index contributed by atoms with van der Waals surface area (Å²) < 4.78 is 18.3. The monoisotopic (exact) mass is 359 g/mol. The molecule has 0 heterocycles. The van der Waals surface area contributed by atoms with Gasteiger partial charge in [-0.3, -0.25) is 10.1 Å². The fourth-order valence-corrected chi connectivity index (χ4v) is 2.17. The highest BCUT2D eigenvalue weighted by atomic mass is 19.1. The number of halogens is 1. The van der Waals surface area contributed by atoms with E-state index in [0.717, 1.165) is 0 Å². The Morgan fingerprint density at radius 1 is 1.04 bits per heavy atom. The number of carbonyl (C=O) groups is 2. The maximum absolute atomic E-state index is 13.5. The lowest BCUT2D eigenvalue weighted by Crippen LogP contribution is -2.31. The molecular formula is C19H22FN3O3. The van der Waals surface area contributed by atoms with Gasteiger partial charge in [-0.25, -0.2) is 9.18 Å². The molecule has 1 unspecified atom stereocenters. The number of rotatable bonds is 6. The third kappa shape index (κ3) is 5.47. The Kier molecular flexibility index (Phi) is 6.54. The quantitative estimate of drug-likeness (QED) is 0.724. The van der Waals surface area contributed by atoms with Gasteiger partial charge in [0, 0.05) is 17.1 Å². The van der Waals surface area contributed by atoms with E-state index in [0.29, 0.717) is 29.2 Å². The van der Waals surface area contributed by atoms with E-state index in [-0.39, 0.29) is 11.7 Å². The first-order chi connectivity index (χ1) is 12.4. The van der Waals surface area contributed by atoms with Gasteiger partial charge in [0.2, 0.25) is 5.91 Å². The van der Waals surface area contributed by atoms with E-state index in [1.165, 1.54) is 6.07 Å². The van der Waals surface area contributed by atoms with Gasteiger partial charge in [0.15, 0.2) is 0 Å². The molecule has 0 aromatic heterocycles. The van der Waals surface area contributed by atoms with Crippen LogP contribution in [0.1, 0.15) is 19.4 Å². The number of hydrogen-bond donors (Lipinski definition) is 3. The van der Waals surface area contributed by atoms with E-state index in [4.69, 9.17) is 4.74 Å². The third-order valence-electron chi connectivity index (χ3n) is 3.62. The van der Waals surface area contributed by atoms with Crippen molar-refractivity contribution in [3.63, 3.8) is 0 Å².